The Labute approximate surface area is 110 Å². The van der Waals surface area contributed by atoms with Crippen LogP contribution in [0.3, 0.4) is 0 Å². The Morgan fingerprint density at radius 1 is 1.50 bits per heavy atom. The number of hydrogen-bond donors (Lipinski definition) is 2. The van der Waals surface area contributed by atoms with Crippen LogP contribution in [-0.4, -0.2) is 34.4 Å². The van der Waals surface area contributed by atoms with Crippen molar-refractivity contribution in [1.29, 1.82) is 0 Å². The zero-order valence-corrected chi connectivity index (χ0v) is 11.9. The lowest BCUT2D eigenvalue weighted by molar-refractivity contribution is 0.562. The predicted molar refractivity (Wildman–Crippen MR) is 69.6 cm³/mol. The molecule has 1 aliphatic heterocycles. The zero-order chi connectivity index (χ0) is 13.4. The molecule has 102 valence electrons. The molecular weight excluding hydrogens is 296 g/mol. The van der Waals surface area contributed by atoms with Gasteiger partial charge in [0, 0.05) is 22.8 Å². The Bertz CT molecular complexity index is 633. The van der Waals surface area contributed by atoms with E-state index in [-0.39, 0.29) is 22.9 Å². The second-order valence-electron chi connectivity index (χ2n) is 4.17. The van der Waals surface area contributed by atoms with Gasteiger partial charge >= 0.3 is 0 Å². The van der Waals surface area contributed by atoms with Gasteiger partial charge in [0.05, 0.1) is 16.4 Å². The summed E-state index contributed by atoms with van der Waals surface area (Å²) in [5, 5.41) is 1.51. The maximum atomic E-state index is 12.0. The molecule has 9 heteroatoms. The third-order valence-corrected chi connectivity index (χ3v) is 7.07. The first kappa shape index (κ1) is 13.9. The quantitative estimate of drug-likeness (QED) is 0.792. The van der Waals surface area contributed by atoms with Gasteiger partial charge in [0.1, 0.15) is 0 Å². The fourth-order valence-electron chi connectivity index (χ4n) is 1.78. The molecule has 2 heterocycles. The van der Waals surface area contributed by atoms with Crippen LogP contribution in [0.5, 0.6) is 0 Å². The van der Waals surface area contributed by atoms with Gasteiger partial charge in [0.2, 0.25) is 10.0 Å². The molecule has 0 bridgehead atoms. The van der Waals surface area contributed by atoms with Crippen molar-refractivity contribution >= 4 is 31.2 Å². The van der Waals surface area contributed by atoms with Gasteiger partial charge < -0.3 is 5.73 Å². The molecule has 6 nitrogen and oxygen atoms in total. The second-order valence-corrected chi connectivity index (χ2v) is 9.11. The highest BCUT2D eigenvalue weighted by atomic mass is 32.2. The van der Waals surface area contributed by atoms with E-state index in [4.69, 9.17) is 5.73 Å². The van der Waals surface area contributed by atoms with Gasteiger partial charge in [-0.1, -0.05) is 0 Å². The molecule has 1 aliphatic rings. The van der Waals surface area contributed by atoms with Crippen LogP contribution >= 0.6 is 11.3 Å². The molecule has 18 heavy (non-hydrogen) atoms. The number of rotatable bonds is 4. The van der Waals surface area contributed by atoms with E-state index >= 15 is 0 Å². The Morgan fingerprint density at radius 3 is 2.72 bits per heavy atom. The standard InChI is InChI=1S/C9H14N2O4S3/c10-4-8-3-9(5-16-8)18(14,15)11-7-1-2-17(12,13)6-7/h3,5,7,11H,1-2,4,6,10H2. The maximum Gasteiger partial charge on any atom is 0.241 e. The summed E-state index contributed by atoms with van der Waals surface area (Å²) in [7, 11) is -6.74. The molecule has 0 saturated carbocycles. The summed E-state index contributed by atoms with van der Waals surface area (Å²) in [6.07, 6.45) is 0.329. The normalized spacial score (nSPS) is 23.3. The molecule has 2 rings (SSSR count). The lowest BCUT2D eigenvalue weighted by Crippen LogP contribution is -2.35. The maximum absolute atomic E-state index is 12.0. The first-order valence-electron chi connectivity index (χ1n) is 5.33. The van der Waals surface area contributed by atoms with Crippen molar-refractivity contribution < 1.29 is 16.8 Å². The van der Waals surface area contributed by atoms with Crippen molar-refractivity contribution in [2.24, 2.45) is 5.73 Å². The van der Waals surface area contributed by atoms with Crippen molar-refractivity contribution in [2.45, 2.75) is 23.9 Å². The summed E-state index contributed by atoms with van der Waals surface area (Å²) in [5.41, 5.74) is 5.42. The minimum absolute atomic E-state index is 0.0396. The van der Waals surface area contributed by atoms with Crippen LogP contribution in [0.1, 0.15) is 11.3 Å². The van der Waals surface area contributed by atoms with Crippen LogP contribution in [0.2, 0.25) is 0 Å². The van der Waals surface area contributed by atoms with Gasteiger partial charge in [0.25, 0.3) is 0 Å². The summed E-state index contributed by atoms with van der Waals surface area (Å²) in [6.45, 7) is 0.290. The van der Waals surface area contributed by atoms with E-state index in [1.807, 2.05) is 0 Å². The number of sulfonamides is 1. The summed E-state index contributed by atoms with van der Waals surface area (Å²) < 4.78 is 48.9. The van der Waals surface area contributed by atoms with E-state index < -0.39 is 25.9 Å². The first-order chi connectivity index (χ1) is 8.32. The van der Waals surface area contributed by atoms with Gasteiger partial charge in [0.15, 0.2) is 9.84 Å². The van der Waals surface area contributed by atoms with Gasteiger partial charge in [-0.15, -0.1) is 11.3 Å². The van der Waals surface area contributed by atoms with Crippen LogP contribution in [0.4, 0.5) is 0 Å². The van der Waals surface area contributed by atoms with Crippen molar-refractivity contribution in [3.63, 3.8) is 0 Å². The molecule has 0 radical (unpaired) electrons. The molecule has 1 atom stereocenters. The molecule has 0 spiro atoms. The number of nitrogens with two attached hydrogens (primary N) is 1. The number of thiophene rings is 1. The van der Waals surface area contributed by atoms with E-state index in [2.05, 4.69) is 4.72 Å². The lowest BCUT2D eigenvalue weighted by Gasteiger charge is -2.09. The predicted octanol–water partition coefficient (Wildman–Crippen LogP) is -0.328. The van der Waals surface area contributed by atoms with Crippen molar-refractivity contribution in [2.75, 3.05) is 11.5 Å². The fourth-order valence-corrected chi connectivity index (χ4v) is 5.99. The minimum Gasteiger partial charge on any atom is -0.326 e. The average Bonchev–Trinajstić information content (AvgIpc) is 2.84. The largest absolute Gasteiger partial charge is 0.326 e. The van der Waals surface area contributed by atoms with Crippen LogP contribution in [0.25, 0.3) is 0 Å². The van der Waals surface area contributed by atoms with E-state index in [1.54, 1.807) is 0 Å². The fraction of sp³-hybridized carbons (Fsp3) is 0.556. The Kier molecular flexibility index (Phi) is 3.79. The van der Waals surface area contributed by atoms with Crippen molar-refractivity contribution in [3.05, 3.63) is 16.3 Å². The monoisotopic (exact) mass is 310 g/mol. The van der Waals surface area contributed by atoms with Crippen molar-refractivity contribution in [3.8, 4) is 0 Å². The van der Waals surface area contributed by atoms with E-state index in [9.17, 15) is 16.8 Å². The smallest absolute Gasteiger partial charge is 0.241 e. The molecule has 0 amide bonds. The zero-order valence-electron chi connectivity index (χ0n) is 9.50. The molecule has 3 N–H and O–H groups in total. The second kappa shape index (κ2) is 4.89. The molecule has 1 aromatic rings. The van der Waals surface area contributed by atoms with E-state index in [0.717, 1.165) is 4.88 Å². The number of nitrogens with one attached hydrogen (secondary N) is 1. The highest BCUT2D eigenvalue weighted by Gasteiger charge is 2.31. The Hall–Kier alpha value is -0.480. The number of sulfone groups is 1. The molecule has 1 fully saturated rings. The average molecular weight is 310 g/mol. The lowest BCUT2D eigenvalue weighted by atomic mass is 10.3. The van der Waals surface area contributed by atoms with Gasteiger partial charge in [-0.2, -0.15) is 0 Å². The molecule has 0 aromatic carbocycles. The Morgan fingerprint density at radius 2 is 2.22 bits per heavy atom. The highest BCUT2D eigenvalue weighted by Crippen LogP contribution is 2.20. The summed E-state index contributed by atoms with van der Waals surface area (Å²) in [4.78, 5) is 0.923. The van der Waals surface area contributed by atoms with Gasteiger partial charge in [-0.05, 0) is 12.5 Å². The SMILES string of the molecule is NCc1cc(S(=O)(=O)NC2CCS(=O)(=O)C2)cs1. The Balaban J connectivity index is 2.13. The minimum atomic E-state index is -3.64. The van der Waals surface area contributed by atoms with Crippen LogP contribution in [0.15, 0.2) is 16.3 Å². The number of hydrogen-bond acceptors (Lipinski definition) is 6. The topological polar surface area (TPSA) is 106 Å². The third kappa shape index (κ3) is 3.09. The summed E-state index contributed by atoms with van der Waals surface area (Å²) in [6, 6.07) is 0.984. The van der Waals surface area contributed by atoms with Crippen LogP contribution in [-0.2, 0) is 26.4 Å². The molecule has 1 aromatic heterocycles. The third-order valence-electron chi connectivity index (χ3n) is 2.70. The van der Waals surface area contributed by atoms with E-state index in [1.165, 1.54) is 22.8 Å². The molecule has 1 unspecified atom stereocenters. The molecular formula is C9H14N2O4S3. The molecule has 0 aliphatic carbocycles. The van der Waals surface area contributed by atoms with Crippen LogP contribution < -0.4 is 10.5 Å². The van der Waals surface area contributed by atoms with E-state index in [0.29, 0.717) is 6.42 Å². The summed E-state index contributed by atoms with van der Waals surface area (Å²) >= 11 is 1.27. The first-order valence-corrected chi connectivity index (χ1v) is 9.51. The van der Waals surface area contributed by atoms with Crippen molar-refractivity contribution in [1.82, 2.24) is 4.72 Å². The van der Waals surface area contributed by atoms with Crippen LogP contribution in [0, 0.1) is 0 Å². The molecule has 1 saturated heterocycles. The summed E-state index contributed by atoms with van der Waals surface area (Å²) in [5.74, 6) is -0.0853. The highest BCUT2D eigenvalue weighted by molar-refractivity contribution is 7.92. The van der Waals surface area contributed by atoms with Gasteiger partial charge in [-0.3, -0.25) is 0 Å². The van der Waals surface area contributed by atoms with Gasteiger partial charge in [-0.25, -0.2) is 21.6 Å².